The summed E-state index contributed by atoms with van der Waals surface area (Å²) in [5.41, 5.74) is 0. The topological polar surface area (TPSA) is 93.1 Å². The molecule has 1 aliphatic heterocycles. The van der Waals surface area contributed by atoms with Crippen LogP contribution in [0.15, 0.2) is 24.3 Å². The molecule has 2 aliphatic rings. The van der Waals surface area contributed by atoms with Crippen molar-refractivity contribution in [2.45, 2.75) is 96.2 Å². The Labute approximate surface area is 174 Å². The van der Waals surface area contributed by atoms with Gasteiger partial charge in [-0.25, -0.2) is 4.79 Å². The molecule has 1 unspecified atom stereocenters. The summed E-state index contributed by atoms with van der Waals surface area (Å²) in [6, 6.07) is 0. The van der Waals surface area contributed by atoms with Crippen LogP contribution in [0.25, 0.3) is 0 Å². The maximum Gasteiger partial charge on any atom is 0.332 e. The number of unbranched alkanes of at least 4 members (excludes halogenated alkanes) is 4. The molecular formula is C23H36O6. The first kappa shape index (κ1) is 23.8. The number of carboxylic acids is 1. The van der Waals surface area contributed by atoms with Gasteiger partial charge < -0.3 is 19.7 Å². The van der Waals surface area contributed by atoms with Crippen molar-refractivity contribution in [1.29, 1.82) is 0 Å². The van der Waals surface area contributed by atoms with Gasteiger partial charge in [-0.1, -0.05) is 50.5 Å². The molecule has 1 aliphatic carbocycles. The first-order valence-electron chi connectivity index (χ1n) is 10.9. The van der Waals surface area contributed by atoms with Gasteiger partial charge in [-0.15, -0.1) is 0 Å². The highest BCUT2D eigenvalue weighted by atomic mass is 16.8. The van der Waals surface area contributed by atoms with Crippen molar-refractivity contribution in [2.24, 2.45) is 11.8 Å². The molecule has 6 heteroatoms. The number of rotatable bonds is 12. The summed E-state index contributed by atoms with van der Waals surface area (Å²) in [5, 5.41) is 18.0. The number of aliphatic carboxylic acids is 1. The van der Waals surface area contributed by atoms with Crippen molar-refractivity contribution < 1.29 is 29.3 Å². The summed E-state index contributed by atoms with van der Waals surface area (Å²) in [4.78, 5) is 23.6. The van der Waals surface area contributed by atoms with E-state index in [1.807, 2.05) is 26.0 Å². The zero-order valence-corrected chi connectivity index (χ0v) is 17.9. The Bertz CT molecular complexity index is 608. The van der Waals surface area contributed by atoms with Crippen LogP contribution in [0.5, 0.6) is 0 Å². The minimum absolute atomic E-state index is 0.0188. The van der Waals surface area contributed by atoms with E-state index in [1.54, 1.807) is 0 Å². The number of aliphatic hydroxyl groups excluding tert-OH is 1. The van der Waals surface area contributed by atoms with Crippen LogP contribution in [0.4, 0.5) is 0 Å². The Kier molecular flexibility index (Phi) is 9.05. The summed E-state index contributed by atoms with van der Waals surface area (Å²) >= 11 is 0. The molecule has 29 heavy (non-hydrogen) atoms. The number of aliphatic hydroxyl groups is 1. The first-order valence-corrected chi connectivity index (χ1v) is 10.9. The van der Waals surface area contributed by atoms with Crippen LogP contribution in [0.3, 0.4) is 0 Å². The standard InChI is InChI=1S/C23H36O6/c1-4-5-6-7-8-10-14-17-16(13-11-9-12-15-18(24)22(26)27)19(25)21-20(17)28-23(2,3)29-21/h9-11,14,16-18,20-21,24H,4-8,12-13,15H2,1-3H3,(H,26,27)/t16-,17-,18?,20+,21-/m1/s1. The van der Waals surface area contributed by atoms with E-state index in [-0.39, 0.29) is 30.1 Å². The number of Topliss-reactive ketones (excluding diaryl/α,β-unsaturated/α-hetero) is 1. The van der Waals surface area contributed by atoms with E-state index in [0.717, 1.165) is 12.8 Å². The predicted molar refractivity (Wildman–Crippen MR) is 110 cm³/mol. The Morgan fingerprint density at radius 1 is 1.14 bits per heavy atom. The number of allylic oxidation sites excluding steroid dienone is 3. The van der Waals surface area contributed by atoms with Gasteiger partial charge in [-0.2, -0.15) is 0 Å². The van der Waals surface area contributed by atoms with Crippen molar-refractivity contribution in [3.8, 4) is 0 Å². The van der Waals surface area contributed by atoms with Crippen molar-refractivity contribution in [1.82, 2.24) is 0 Å². The number of hydrogen-bond acceptors (Lipinski definition) is 5. The third-order valence-corrected chi connectivity index (χ3v) is 5.65. The van der Waals surface area contributed by atoms with Gasteiger partial charge >= 0.3 is 5.97 Å². The fourth-order valence-corrected chi connectivity index (χ4v) is 4.12. The van der Waals surface area contributed by atoms with Gasteiger partial charge in [-0.05, 0) is 46.0 Å². The van der Waals surface area contributed by atoms with Crippen molar-refractivity contribution in [3.63, 3.8) is 0 Å². The van der Waals surface area contributed by atoms with E-state index in [4.69, 9.17) is 14.6 Å². The van der Waals surface area contributed by atoms with E-state index >= 15 is 0 Å². The Balaban J connectivity index is 1.95. The van der Waals surface area contributed by atoms with E-state index < -0.39 is 24.0 Å². The maximum absolute atomic E-state index is 12.9. The summed E-state index contributed by atoms with van der Waals surface area (Å²) < 4.78 is 11.9. The van der Waals surface area contributed by atoms with Crippen LogP contribution < -0.4 is 0 Å². The Morgan fingerprint density at radius 2 is 1.90 bits per heavy atom. The minimum atomic E-state index is -1.35. The van der Waals surface area contributed by atoms with E-state index in [1.165, 1.54) is 19.3 Å². The maximum atomic E-state index is 12.9. The lowest BCUT2D eigenvalue weighted by Crippen LogP contribution is -2.28. The summed E-state index contributed by atoms with van der Waals surface area (Å²) in [7, 11) is 0. The highest BCUT2D eigenvalue weighted by Gasteiger charge is 2.57. The predicted octanol–water partition coefficient (Wildman–Crippen LogP) is 4.02. The molecule has 6 nitrogen and oxygen atoms in total. The lowest BCUT2D eigenvalue weighted by atomic mass is 9.90. The molecule has 0 spiro atoms. The van der Waals surface area contributed by atoms with E-state index in [9.17, 15) is 14.7 Å². The molecule has 1 saturated heterocycles. The lowest BCUT2D eigenvalue weighted by Gasteiger charge is -2.23. The second-order valence-corrected chi connectivity index (χ2v) is 8.52. The normalized spacial score (nSPS) is 29.7. The summed E-state index contributed by atoms with van der Waals surface area (Å²) in [5.74, 6) is -2.09. The van der Waals surface area contributed by atoms with Gasteiger partial charge in [-0.3, -0.25) is 4.79 Å². The van der Waals surface area contributed by atoms with Gasteiger partial charge in [0, 0.05) is 11.8 Å². The number of ether oxygens (including phenoxy) is 2. The smallest absolute Gasteiger partial charge is 0.332 e. The number of hydrogen-bond donors (Lipinski definition) is 2. The average Bonchev–Trinajstić information content (AvgIpc) is 3.09. The molecule has 0 amide bonds. The molecular weight excluding hydrogens is 372 g/mol. The molecule has 2 fully saturated rings. The van der Waals surface area contributed by atoms with Gasteiger partial charge in [0.25, 0.3) is 0 Å². The SMILES string of the molecule is CCCCCCC=C[C@H]1[C@@H]2OC(C)(C)O[C@@H]2C(=O)[C@@H]1CC=CCCC(O)C(=O)O. The summed E-state index contributed by atoms with van der Waals surface area (Å²) in [6.07, 6.45) is 12.9. The molecule has 5 atom stereocenters. The second kappa shape index (κ2) is 11.0. The summed E-state index contributed by atoms with van der Waals surface area (Å²) in [6.45, 7) is 5.87. The highest BCUT2D eigenvalue weighted by Crippen LogP contribution is 2.44. The fourth-order valence-electron chi connectivity index (χ4n) is 4.12. The zero-order valence-electron chi connectivity index (χ0n) is 17.9. The molecule has 164 valence electrons. The monoisotopic (exact) mass is 408 g/mol. The second-order valence-electron chi connectivity index (χ2n) is 8.52. The number of carboxylic acid groups (broad SMARTS) is 1. The van der Waals surface area contributed by atoms with E-state index in [0.29, 0.717) is 12.8 Å². The number of carbonyl (C=O) groups is 2. The largest absolute Gasteiger partial charge is 0.479 e. The van der Waals surface area contributed by atoms with Gasteiger partial charge in [0.2, 0.25) is 0 Å². The molecule has 0 aromatic heterocycles. The number of ketones is 1. The van der Waals surface area contributed by atoms with Crippen molar-refractivity contribution in [3.05, 3.63) is 24.3 Å². The molecule has 1 saturated carbocycles. The molecule has 2 N–H and O–H groups in total. The van der Waals surface area contributed by atoms with Gasteiger partial charge in [0.1, 0.15) is 12.2 Å². The van der Waals surface area contributed by atoms with Crippen LogP contribution >= 0.6 is 0 Å². The van der Waals surface area contributed by atoms with E-state index in [2.05, 4.69) is 19.1 Å². The fraction of sp³-hybridized carbons (Fsp3) is 0.739. The van der Waals surface area contributed by atoms with Crippen molar-refractivity contribution in [2.75, 3.05) is 0 Å². The van der Waals surface area contributed by atoms with Crippen LogP contribution in [-0.2, 0) is 19.1 Å². The van der Waals surface area contributed by atoms with Crippen LogP contribution in [0.1, 0.15) is 72.1 Å². The number of carbonyl (C=O) groups excluding carboxylic acids is 1. The molecule has 0 aromatic carbocycles. The third-order valence-electron chi connectivity index (χ3n) is 5.65. The molecule has 1 heterocycles. The Morgan fingerprint density at radius 3 is 2.59 bits per heavy atom. The molecule has 0 aromatic rings. The molecule has 0 bridgehead atoms. The van der Waals surface area contributed by atoms with Crippen LogP contribution in [0, 0.1) is 11.8 Å². The zero-order chi connectivity index (χ0) is 21.4. The van der Waals surface area contributed by atoms with Crippen LogP contribution in [-0.4, -0.2) is 46.1 Å². The van der Waals surface area contributed by atoms with Gasteiger partial charge in [0.15, 0.2) is 17.7 Å². The van der Waals surface area contributed by atoms with Crippen molar-refractivity contribution >= 4 is 11.8 Å². The molecule has 0 radical (unpaired) electrons. The first-order chi connectivity index (χ1) is 13.8. The quantitative estimate of drug-likeness (QED) is 0.374. The Hall–Kier alpha value is -1.50. The minimum Gasteiger partial charge on any atom is -0.479 e. The number of fused-ring (bicyclic) bond motifs is 1. The lowest BCUT2D eigenvalue weighted by molar-refractivity contribution is -0.165. The van der Waals surface area contributed by atoms with Crippen LogP contribution in [0.2, 0.25) is 0 Å². The third kappa shape index (κ3) is 6.76. The van der Waals surface area contributed by atoms with Gasteiger partial charge in [0.05, 0.1) is 0 Å². The average molecular weight is 409 g/mol. The highest BCUT2D eigenvalue weighted by molar-refractivity contribution is 5.90. The molecule has 2 rings (SSSR count).